The van der Waals surface area contributed by atoms with Crippen molar-refractivity contribution >= 4 is 23.0 Å². The van der Waals surface area contributed by atoms with E-state index in [0.29, 0.717) is 0 Å². The zero-order valence-electron chi connectivity index (χ0n) is 10.0. The predicted octanol–water partition coefficient (Wildman–Crippen LogP) is 4.04. The molecule has 1 aliphatic heterocycles. The summed E-state index contributed by atoms with van der Waals surface area (Å²) < 4.78 is 0. The van der Waals surface area contributed by atoms with Crippen molar-refractivity contribution in [2.24, 2.45) is 5.10 Å². The fourth-order valence-corrected chi connectivity index (χ4v) is 2.35. The second kappa shape index (κ2) is 7.08. The molecule has 0 aromatic heterocycles. The summed E-state index contributed by atoms with van der Waals surface area (Å²) in [6, 6.07) is 8.44. The van der Waals surface area contributed by atoms with Gasteiger partial charge in [0.2, 0.25) is 0 Å². The summed E-state index contributed by atoms with van der Waals surface area (Å²) in [5, 5.41) is 6.26. The first-order valence-corrected chi connectivity index (χ1v) is 6.49. The van der Waals surface area contributed by atoms with E-state index in [2.05, 4.69) is 43.2 Å². The molecule has 0 bridgehead atoms. The van der Waals surface area contributed by atoms with Crippen LogP contribution in [0.4, 0.5) is 5.69 Å². The number of hydrogen-bond donors (Lipinski definition) is 0. The molecule has 1 aromatic carbocycles. The number of thioether (sulfide) groups is 1. The second-order valence-corrected chi connectivity index (χ2v) is 4.55. The molecule has 0 amide bonds. The number of benzene rings is 1. The van der Waals surface area contributed by atoms with E-state index in [1.807, 2.05) is 16.4 Å². The van der Waals surface area contributed by atoms with Gasteiger partial charge in [0.25, 0.3) is 0 Å². The summed E-state index contributed by atoms with van der Waals surface area (Å²) in [5.41, 5.74) is 4.33. The maximum Gasteiger partial charge on any atom is 2.00 e. The van der Waals surface area contributed by atoms with Crippen LogP contribution in [0, 0.1) is 11.8 Å². The molecule has 0 atom stereocenters. The van der Waals surface area contributed by atoms with E-state index in [-0.39, 0.29) is 19.5 Å². The van der Waals surface area contributed by atoms with Gasteiger partial charge >= 0.3 is 19.5 Å². The molecule has 1 radical (unpaired) electrons. The first-order valence-electron chi connectivity index (χ1n) is 5.55. The molecular formula is C13H16N2RhS. The van der Waals surface area contributed by atoms with Crippen molar-refractivity contribution in [2.45, 2.75) is 26.7 Å². The molecule has 17 heavy (non-hydrogen) atoms. The Morgan fingerprint density at radius 2 is 2.18 bits per heavy atom. The maximum absolute atomic E-state index is 4.31. The van der Waals surface area contributed by atoms with Gasteiger partial charge in [-0.15, -0.1) is 6.07 Å². The fourth-order valence-electron chi connectivity index (χ4n) is 1.85. The molecule has 1 aromatic rings. The largest absolute Gasteiger partial charge is 2.00 e. The van der Waals surface area contributed by atoms with E-state index in [9.17, 15) is 0 Å². The van der Waals surface area contributed by atoms with Crippen LogP contribution in [0.5, 0.6) is 0 Å². The minimum Gasteiger partial charge on any atom is -0.457 e. The smallest absolute Gasteiger partial charge is 0.457 e. The molecule has 0 fully saturated rings. The third kappa shape index (κ3) is 3.49. The van der Waals surface area contributed by atoms with Gasteiger partial charge in [0.05, 0.1) is 0 Å². The standard InChI is InChI=1S/C13H16N2S.Rh/c1-3-6-11(2)12-7-4-5-8-13(12)15-10-16-9-14-15;/h4-5,7-10H,3,6H2,1-2H3;/q-2;+2. The Labute approximate surface area is 121 Å². The molecule has 0 unspecified atom stereocenters. The Morgan fingerprint density at radius 1 is 1.41 bits per heavy atom. The van der Waals surface area contributed by atoms with Crippen molar-refractivity contribution in [3.63, 3.8) is 0 Å². The Balaban J connectivity index is 0.00000144. The van der Waals surface area contributed by atoms with Crippen LogP contribution >= 0.6 is 11.8 Å². The summed E-state index contributed by atoms with van der Waals surface area (Å²) in [6.45, 7) is 4.41. The topological polar surface area (TPSA) is 15.6 Å². The number of hydrazone groups is 1. The van der Waals surface area contributed by atoms with Crippen molar-refractivity contribution in [3.8, 4) is 0 Å². The summed E-state index contributed by atoms with van der Waals surface area (Å²) >= 11 is 1.61. The first kappa shape index (κ1) is 14.6. The number of nitrogens with zero attached hydrogens (tertiary/aromatic N) is 2. The van der Waals surface area contributed by atoms with Crippen molar-refractivity contribution in [1.29, 1.82) is 0 Å². The zero-order valence-corrected chi connectivity index (χ0v) is 12.5. The third-order valence-corrected chi connectivity index (χ3v) is 3.17. The van der Waals surface area contributed by atoms with E-state index in [1.54, 1.807) is 11.8 Å². The average molecular weight is 335 g/mol. The molecule has 4 heteroatoms. The minimum atomic E-state index is 0. The van der Waals surface area contributed by atoms with Crippen LogP contribution in [0.2, 0.25) is 0 Å². The van der Waals surface area contributed by atoms with Gasteiger partial charge in [-0.3, -0.25) is 11.8 Å². The van der Waals surface area contributed by atoms with E-state index in [1.165, 1.54) is 23.6 Å². The molecule has 0 aliphatic carbocycles. The molecule has 1 heterocycles. The van der Waals surface area contributed by atoms with Gasteiger partial charge in [-0.25, -0.2) is 5.10 Å². The molecule has 1 aliphatic rings. The van der Waals surface area contributed by atoms with E-state index >= 15 is 0 Å². The Kier molecular flexibility index (Phi) is 6.07. The number of para-hydroxylation sites is 1. The molecule has 93 valence electrons. The number of rotatable bonds is 4. The normalized spacial score (nSPS) is 13.6. The molecule has 2 rings (SSSR count). The van der Waals surface area contributed by atoms with Crippen LogP contribution in [0.15, 0.2) is 29.4 Å². The van der Waals surface area contributed by atoms with Gasteiger partial charge in [0, 0.05) is 5.55 Å². The van der Waals surface area contributed by atoms with Crippen molar-refractivity contribution in [2.75, 3.05) is 5.01 Å². The van der Waals surface area contributed by atoms with Crippen LogP contribution in [-0.2, 0) is 19.5 Å². The van der Waals surface area contributed by atoms with Crippen LogP contribution in [0.25, 0.3) is 0 Å². The molecule has 0 saturated carbocycles. The van der Waals surface area contributed by atoms with Crippen molar-refractivity contribution in [1.82, 2.24) is 0 Å². The Bertz CT molecular complexity index is 381. The quantitative estimate of drug-likeness (QED) is 0.610. The van der Waals surface area contributed by atoms with Gasteiger partial charge in [-0.05, 0) is 0 Å². The minimum absolute atomic E-state index is 0. The molecule has 0 saturated heterocycles. The average Bonchev–Trinajstić information content (AvgIpc) is 2.83. The maximum atomic E-state index is 4.31. The Morgan fingerprint density at radius 3 is 2.82 bits per heavy atom. The SMILES string of the molecule is CCC[C-](C)c1ccccc1N1[CH-]SC=N1.[Rh+2]. The molecular weight excluding hydrogens is 319 g/mol. The first-order chi connectivity index (χ1) is 7.83. The van der Waals surface area contributed by atoms with Crippen LogP contribution in [-0.4, -0.2) is 5.55 Å². The van der Waals surface area contributed by atoms with Gasteiger partial charge in [0.15, 0.2) is 0 Å². The van der Waals surface area contributed by atoms with Crippen LogP contribution in [0.1, 0.15) is 32.3 Å². The summed E-state index contributed by atoms with van der Waals surface area (Å²) in [7, 11) is 0. The van der Waals surface area contributed by atoms with E-state index < -0.39 is 0 Å². The second-order valence-electron chi connectivity index (χ2n) is 3.85. The summed E-state index contributed by atoms with van der Waals surface area (Å²) in [5.74, 6) is 3.46. The molecule has 0 spiro atoms. The van der Waals surface area contributed by atoms with Gasteiger partial charge in [-0.1, -0.05) is 44.5 Å². The van der Waals surface area contributed by atoms with Gasteiger partial charge < -0.3 is 5.01 Å². The van der Waals surface area contributed by atoms with E-state index in [4.69, 9.17) is 0 Å². The van der Waals surface area contributed by atoms with Gasteiger partial charge in [0.1, 0.15) is 0 Å². The van der Waals surface area contributed by atoms with Crippen LogP contribution in [0.3, 0.4) is 0 Å². The monoisotopic (exact) mass is 335 g/mol. The fraction of sp³-hybridized carbons (Fsp3) is 0.308. The zero-order chi connectivity index (χ0) is 11.4. The third-order valence-electron chi connectivity index (χ3n) is 2.63. The Hall–Kier alpha value is -0.467. The van der Waals surface area contributed by atoms with E-state index in [0.717, 1.165) is 6.42 Å². The van der Waals surface area contributed by atoms with Gasteiger partial charge in [-0.2, -0.15) is 23.4 Å². The number of hydrogen-bond acceptors (Lipinski definition) is 3. The number of anilines is 1. The van der Waals surface area contributed by atoms with Crippen molar-refractivity contribution in [3.05, 3.63) is 41.6 Å². The van der Waals surface area contributed by atoms with Crippen molar-refractivity contribution < 1.29 is 19.5 Å². The molecule has 2 nitrogen and oxygen atoms in total. The summed E-state index contributed by atoms with van der Waals surface area (Å²) in [4.78, 5) is 0. The predicted molar refractivity (Wildman–Crippen MR) is 72.2 cm³/mol. The van der Waals surface area contributed by atoms with Crippen LogP contribution < -0.4 is 5.01 Å². The summed E-state index contributed by atoms with van der Waals surface area (Å²) in [6.07, 6.45) is 2.32. The molecule has 0 N–H and O–H groups in total.